The normalized spacial score (nSPS) is 10.1. The van der Waals surface area contributed by atoms with Gasteiger partial charge in [-0.05, 0) is 42.5 Å². The minimum atomic E-state index is 0.874. The molecule has 0 spiro atoms. The number of anilines is 3. The number of methoxy groups -OCH3 is 1. The van der Waals surface area contributed by atoms with Gasteiger partial charge in [0.1, 0.15) is 5.75 Å². The minimum Gasteiger partial charge on any atom is -0.497 e. The van der Waals surface area contributed by atoms with E-state index in [1.807, 2.05) is 26.2 Å². The summed E-state index contributed by atoms with van der Waals surface area (Å²) in [6, 6.07) is 16.5. The largest absolute Gasteiger partial charge is 0.497 e. The first kappa shape index (κ1) is 13.3. The molecule has 0 aliphatic rings. The maximum Gasteiger partial charge on any atom is 0.119 e. The van der Waals surface area contributed by atoms with Gasteiger partial charge in [0.2, 0.25) is 0 Å². The second-order valence-electron chi connectivity index (χ2n) is 4.67. The molecule has 0 aromatic heterocycles. The maximum atomic E-state index is 5.18. The smallest absolute Gasteiger partial charge is 0.119 e. The van der Waals surface area contributed by atoms with Crippen LogP contribution in [-0.2, 0) is 0 Å². The molecule has 0 N–H and O–H groups in total. The average molecular weight is 256 g/mol. The molecule has 0 atom stereocenters. The van der Waals surface area contributed by atoms with Crippen molar-refractivity contribution in [2.45, 2.75) is 0 Å². The van der Waals surface area contributed by atoms with Crippen molar-refractivity contribution in [2.75, 3.05) is 38.1 Å². The van der Waals surface area contributed by atoms with E-state index in [0.717, 1.165) is 17.1 Å². The molecule has 19 heavy (non-hydrogen) atoms. The first-order chi connectivity index (χ1) is 9.11. The molecular formula is C16H20N2O. The van der Waals surface area contributed by atoms with E-state index in [1.165, 1.54) is 5.69 Å². The van der Waals surface area contributed by atoms with E-state index in [2.05, 4.69) is 53.2 Å². The fourth-order valence-electron chi connectivity index (χ4n) is 1.93. The summed E-state index contributed by atoms with van der Waals surface area (Å²) in [5.74, 6) is 0.874. The van der Waals surface area contributed by atoms with Gasteiger partial charge in [-0.2, -0.15) is 0 Å². The van der Waals surface area contributed by atoms with Crippen LogP contribution in [0.3, 0.4) is 0 Å². The molecule has 0 saturated carbocycles. The quantitative estimate of drug-likeness (QED) is 0.832. The fraction of sp³-hybridized carbons (Fsp3) is 0.250. The summed E-state index contributed by atoms with van der Waals surface area (Å²) >= 11 is 0. The Bertz CT molecular complexity index is 535. The molecule has 3 heteroatoms. The van der Waals surface area contributed by atoms with Crippen LogP contribution in [0.2, 0.25) is 0 Å². The molecule has 0 amide bonds. The van der Waals surface area contributed by atoms with Gasteiger partial charge in [-0.3, -0.25) is 0 Å². The molecule has 0 heterocycles. The summed E-state index contributed by atoms with van der Waals surface area (Å²) in [6.45, 7) is 0. The molecule has 0 bridgehead atoms. The summed E-state index contributed by atoms with van der Waals surface area (Å²) in [5, 5.41) is 0. The van der Waals surface area contributed by atoms with Crippen molar-refractivity contribution in [3.05, 3.63) is 48.5 Å². The maximum absolute atomic E-state index is 5.18. The molecule has 0 aliphatic carbocycles. The van der Waals surface area contributed by atoms with Crippen LogP contribution in [0.5, 0.6) is 5.75 Å². The predicted molar refractivity (Wildman–Crippen MR) is 81.8 cm³/mol. The number of hydrogen-bond acceptors (Lipinski definition) is 3. The van der Waals surface area contributed by atoms with Gasteiger partial charge in [0.15, 0.2) is 0 Å². The summed E-state index contributed by atoms with van der Waals surface area (Å²) in [6.07, 6.45) is 0. The van der Waals surface area contributed by atoms with Gasteiger partial charge in [-0.25, -0.2) is 0 Å². The van der Waals surface area contributed by atoms with E-state index in [0.29, 0.717) is 0 Å². The Morgan fingerprint density at radius 2 is 1.42 bits per heavy atom. The van der Waals surface area contributed by atoms with Crippen LogP contribution in [-0.4, -0.2) is 28.3 Å². The Labute approximate surface area is 115 Å². The van der Waals surface area contributed by atoms with Crippen molar-refractivity contribution in [1.29, 1.82) is 0 Å². The number of ether oxygens (including phenoxy) is 1. The Kier molecular flexibility index (Phi) is 3.95. The monoisotopic (exact) mass is 256 g/mol. The van der Waals surface area contributed by atoms with Gasteiger partial charge in [-0.15, -0.1) is 0 Å². The van der Waals surface area contributed by atoms with E-state index in [1.54, 1.807) is 7.11 Å². The van der Waals surface area contributed by atoms with Gasteiger partial charge in [0.25, 0.3) is 0 Å². The number of hydrogen-bond donors (Lipinski definition) is 0. The lowest BCUT2D eigenvalue weighted by Gasteiger charge is -2.22. The zero-order valence-corrected chi connectivity index (χ0v) is 11.9. The first-order valence-electron chi connectivity index (χ1n) is 6.27. The second-order valence-corrected chi connectivity index (χ2v) is 4.67. The third kappa shape index (κ3) is 2.99. The third-order valence-electron chi connectivity index (χ3n) is 3.19. The van der Waals surface area contributed by atoms with Gasteiger partial charge >= 0.3 is 0 Å². The van der Waals surface area contributed by atoms with Crippen molar-refractivity contribution in [2.24, 2.45) is 0 Å². The SMILES string of the molecule is COc1ccc(N(C)c2cccc(N(C)C)c2)cc1. The molecule has 0 radical (unpaired) electrons. The highest BCUT2D eigenvalue weighted by Crippen LogP contribution is 2.27. The van der Waals surface area contributed by atoms with Crippen molar-refractivity contribution in [1.82, 2.24) is 0 Å². The summed E-state index contributed by atoms with van der Waals surface area (Å²) in [7, 11) is 7.84. The Morgan fingerprint density at radius 3 is 2.00 bits per heavy atom. The lowest BCUT2D eigenvalue weighted by molar-refractivity contribution is 0.415. The summed E-state index contributed by atoms with van der Waals surface area (Å²) in [5.41, 5.74) is 3.49. The molecule has 0 saturated heterocycles. The zero-order chi connectivity index (χ0) is 13.8. The minimum absolute atomic E-state index is 0.874. The molecule has 100 valence electrons. The number of rotatable bonds is 4. The van der Waals surface area contributed by atoms with E-state index < -0.39 is 0 Å². The highest BCUT2D eigenvalue weighted by Gasteiger charge is 2.05. The first-order valence-corrected chi connectivity index (χ1v) is 6.27. The standard InChI is InChI=1S/C16H20N2O/c1-17(2)14-6-5-7-15(12-14)18(3)13-8-10-16(19-4)11-9-13/h5-12H,1-4H3. The van der Waals surface area contributed by atoms with E-state index in [-0.39, 0.29) is 0 Å². The van der Waals surface area contributed by atoms with Gasteiger partial charge in [-0.1, -0.05) is 6.07 Å². The Morgan fingerprint density at radius 1 is 0.789 bits per heavy atom. The molecule has 0 aliphatic heterocycles. The lowest BCUT2D eigenvalue weighted by atomic mass is 10.2. The predicted octanol–water partition coefficient (Wildman–Crippen LogP) is 3.53. The number of nitrogens with zero attached hydrogens (tertiary/aromatic N) is 2. The van der Waals surface area contributed by atoms with Crippen LogP contribution in [0.1, 0.15) is 0 Å². The lowest BCUT2D eigenvalue weighted by Crippen LogP contribution is -2.12. The highest BCUT2D eigenvalue weighted by atomic mass is 16.5. The summed E-state index contributed by atoms with van der Waals surface area (Å²) < 4.78 is 5.18. The molecule has 2 aromatic rings. The van der Waals surface area contributed by atoms with Crippen molar-refractivity contribution >= 4 is 17.1 Å². The van der Waals surface area contributed by atoms with Crippen molar-refractivity contribution in [3.8, 4) is 5.75 Å². The Hall–Kier alpha value is -2.16. The van der Waals surface area contributed by atoms with Crippen LogP contribution in [0.25, 0.3) is 0 Å². The van der Waals surface area contributed by atoms with E-state index >= 15 is 0 Å². The Balaban J connectivity index is 2.27. The van der Waals surface area contributed by atoms with Crippen LogP contribution >= 0.6 is 0 Å². The average Bonchev–Trinajstić information content (AvgIpc) is 2.46. The van der Waals surface area contributed by atoms with Crippen LogP contribution in [0, 0.1) is 0 Å². The molecule has 0 unspecified atom stereocenters. The van der Waals surface area contributed by atoms with Gasteiger partial charge in [0, 0.05) is 38.2 Å². The molecule has 0 fully saturated rings. The van der Waals surface area contributed by atoms with E-state index in [4.69, 9.17) is 4.74 Å². The molecule has 2 aromatic carbocycles. The second kappa shape index (κ2) is 5.65. The molecular weight excluding hydrogens is 236 g/mol. The fourth-order valence-corrected chi connectivity index (χ4v) is 1.93. The zero-order valence-electron chi connectivity index (χ0n) is 11.9. The van der Waals surface area contributed by atoms with Crippen molar-refractivity contribution < 1.29 is 4.74 Å². The van der Waals surface area contributed by atoms with Gasteiger partial charge < -0.3 is 14.5 Å². The third-order valence-corrected chi connectivity index (χ3v) is 3.19. The summed E-state index contributed by atoms with van der Waals surface area (Å²) in [4.78, 5) is 4.26. The van der Waals surface area contributed by atoms with E-state index in [9.17, 15) is 0 Å². The van der Waals surface area contributed by atoms with Crippen molar-refractivity contribution in [3.63, 3.8) is 0 Å². The van der Waals surface area contributed by atoms with Crippen LogP contribution in [0.15, 0.2) is 48.5 Å². The molecule has 3 nitrogen and oxygen atoms in total. The topological polar surface area (TPSA) is 15.7 Å². The van der Waals surface area contributed by atoms with Gasteiger partial charge in [0.05, 0.1) is 7.11 Å². The molecule has 2 rings (SSSR count). The van der Waals surface area contributed by atoms with Crippen LogP contribution < -0.4 is 14.5 Å². The van der Waals surface area contributed by atoms with Crippen LogP contribution in [0.4, 0.5) is 17.1 Å². The highest BCUT2D eigenvalue weighted by molar-refractivity contribution is 5.67. The number of benzene rings is 2.